The van der Waals surface area contributed by atoms with Crippen molar-refractivity contribution in [1.82, 2.24) is 5.43 Å². The van der Waals surface area contributed by atoms with Crippen LogP contribution in [0.3, 0.4) is 0 Å². The van der Waals surface area contributed by atoms with Gasteiger partial charge in [-0.2, -0.15) is 5.10 Å². The second-order valence-electron chi connectivity index (χ2n) is 5.28. The van der Waals surface area contributed by atoms with Crippen molar-refractivity contribution in [3.63, 3.8) is 0 Å². The van der Waals surface area contributed by atoms with Gasteiger partial charge < -0.3 is 4.74 Å². The Balaban J connectivity index is 1.43. The molecular formula is C18H17ClN2O2S2. The SMILES string of the molecule is O=C(COc1ccc(C2SCCS2)cc1)N/N=C\c1ccc(Cl)cc1. The van der Waals surface area contributed by atoms with Crippen LogP contribution in [0.4, 0.5) is 0 Å². The largest absolute Gasteiger partial charge is 0.484 e. The van der Waals surface area contributed by atoms with Gasteiger partial charge in [-0.3, -0.25) is 4.79 Å². The Hall–Kier alpha value is -1.63. The first-order valence-electron chi connectivity index (χ1n) is 7.74. The van der Waals surface area contributed by atoms with Gasteiger partial charge in [0.2, 0.25) is 0 Å². The van der Waals surface area contributed by atoms with E-state index in [1.807, 2.05) is 47.8 Å². The maximum Gasteiger partial charge on any atom is 0.277 e. The highest BCUT2D eigenvalue weighted by Gasteiger charge is 2.17. The highest BCUT2D eigenvalue weighted by atomic mass is 35.5. The zero-order valence-electron chi connectivity index (χ0n) is 13.4. The minimum atomic E-state index is -0.309. The number of hydrazone groups is 1. The number of ether oxygens (including phenoxy) is 1. The molecule has 2 aromatic rings. The van der Waals surface area contributed by atoms with Crippen molar-refractivity contribution >= 4 is 47.2 Å². The number of carbonyl (C=O) groups is 1. The number of nitrogens with one attached hydrogen (secondary N) is 1. The molecule has 0 saturated carbocycles. The molecular weight excluding hydrogens is 376 g/mol. The van der Waals surface area contributed by atoms with Crippen molar-refractivity contribution < 1.29 is 9.53 Å². The Bertz CT molecular complexity index is 730. The van der Waals surface area contributed by atoms with Gasteiger partial charge in [-0.15, -0.1) is 23.5 Å². The van der Waals surface area contributed by atoms with Crippen LogP contribution in [0.5, 0.6) is 5.75 Å². The second kappa shape index (κ2) is 9.17. The molecule has 1 fully saturated rings. The van der Waals surface area contributed by atoms with Crippen LogP contribution in [0, 0.1) is 0 Å². The number of carbonyl (C=O) groups excluding carboxylic acids is 1. The van der Waals surface area contributed by atoms with E-state index in [0.29, 0.717) is 15.4 Å². The second-order valence-corrected chi connectivity index (χ2v) is 8.44. The Kier molecular flexibility index (Phi) is 6.67. The maximum absolute atomic E-state index is 11.8. The van der Waals surface area contributed by atoms with E-state index in [1.165, 1.54) is 17.1 Å². The van der Waals surface area contributed by atoms with Crippen molar-refractivity contribution in [2.45, 2.75) is 4.58 Å². The molecule has 0 radical (unpaired) electrons. The first kappa shape index (κ1) is 18.2. The molecule has 3 rings (SSSR count). The summed E-state index contributed by atoms with van der Waals surface area (Å²) < 4.78 is 6.00. The lowest BCUT2D eigenvalue weighted by atomic mass is 10.2. The normalized spacial score (nSPS) is 14.8. The topological polar surface area (TPSA) is 50.7 Å². The Morgan fingerprint density at radius 3 is 2.52 bits per heavy atom. The molecule has 1 N–H and O–H groups in total. The van der Waals surface area contributed by atoms with Crippen molar-refractivity contribution in [3.8, 4) is 5.75 Å². The van der Waals surface area contributed by atoms with Gasteiger partial charge >= 0.3 is 0 Å². The van der Waals surface area contributed by atoms with Gasteiger partial charge in [-0.1, -0.05) is 35.9 Å². The first-order valence-corrected chi connectivity index (χ1v) is 10.2. The molecule has 1 aliphatic heterocycles. The third-order valence-electron chi connectivity index (χ3n) is 3.42. The average molecular weight is 393 g/mol. The summed E-state index contributed by atoms with van der Waals surface area (Å²) in [5.41, 5.74) is 4.58. The summed E-state index contributed by atoms with van der Waals surface area (Å²) in [6, 6.07) is 15.1. The van der Waals surface area contributed by atoms with Crippen molar-refractivity contribution in [2.24, 2.45) is 5.10 Å². The fraction of sp³-hybridized carbons (Fsp3) is 0.222. The van der Waals surface area contributed by atoms with Crippen LogP contribution in [0.1, 0.15) is 15.7 Å². The molecule has 0 unspecified atom stereocenters. The molecule has 4 nitrogen and oxygen atoms in total. The maximum atomic E-state index is 11.8. The summed E-state index contributed by atoms with van der Waals surface area (Å²) >= 11 is 9.73. The minimum absolute atomic E-state index is 0.0791. The van der Waals surface area contributed by atoms with E-state index in [-0.39, 0.29) is 12.5 Å². The van der Waals surface area contributed by atoms with Crippen LogP contribution in [-0.2, 0) is 4.79 Å². The van der Waals surface area contributed by atoms with Gasteiger partial charge in [0.15, 0.2) is 6.61 Å². The predicted molar refractivity (Wildman–Crippen MR) is 107 cm³/mol. The number of hydrogen-bond acceptors (Lipinski definition) is 5. The van der Waals surface area contributed by atoms with Gasteiger partial charge in [0, 0.05) is 16.5 Å². The van der Waals surface area contributed by atoms with Gasteiger partial charge in [-0.05, 0) is 35.4 Å². The van der Waals surface area contributed by atoms with Crippen molar-refractivity contribution in [3.05, 3.63) is 64.7 Å². The van der Waals surface area contributed by atoms with E-state index >= 15 is 0 Å². The number of nitrogens with zero attached hydrogens (tertiary/aromatic N) is 1. The molecule has 2 aromatic carbocycles. The molecule has 130 valence electrons. The lowest BCUT2D eigenvalue weighted by Gasteiger charge is -2.10. The summed E-state index contributed by atoms with van der Waals surface area (Å²) in [4.78, 5) is 11.8. The van der Waals surface area contributed by atoms with Gasteiger partial charge in [0.05, 0.1) is 10.8 Å². The third kappa shape index (κ3) is 5.70. The fourth-order valence-corrected chi connectivity index (χ4v) is 5.17. The summed E-state index contributed by atoms with van der Waals surface area (Å²) in [5, 5.41) is 4.55. The highest BCUT2D eigenvalue weighted by molar-refractivity contribution is 8.19. The quantitative estimate of drug-likeness (QED) is 0.586. The molecule has 1 saturated heterocycles. The van der Waals surface area contributed by atoms with Crippen LogP contribution >= 0.6 is 35.1 Å². The van der Waals surface area contributed by atoms with E-state index in [2.05, 4.69) is 22.7 Å². The number of thioether (sulfide) groups is 2. The average Bonchev–Trinajstić information content (AvgIpc) is 3.17. The molecule has 0 spiro atoms. The molecule has 0 atom stereocenters. The van der Waals surface area contributed by atoms with Crippen molar-refractivity contribution in [2.75, 3.05) is 18.1 Å². The van der Waals surface area contributed by atoms with Crippen LogP contribution in [-0.4, -0.2) is 30.2 Å². The number of amides is 1. The van der Waals surface area contributed by atoms with E-state index in [0.717, 1.165) is 5.56 Å². The fourth-order valence-electron chi connectivity index (χ4n) is 2.18. The number of benzene rings is 2. The smallest absolute Gasteiger partial charge is 0.277 e. The lowest BCUT2D eigenvalue weighted by Crippen LogP contribution is -2.24. The first-order chi connectivity index (χ1) is 12.2. The molecule has 0 bridgehead atoms. The van der Waals surface area contributed by atoms with Gasteiger partial charge in [0.25, 0.3) is 5.91 Å². The molecule has 1 amide bonds. The number of rotatable bonds is 6. The van der Waals surface area contributed by atoms with Crippen molar-refractivity contribution in [1.29, 1.82) is 0 Å². The minimum Gasteiger partial charge on any atom is -0.484 e. The summed E-state index contributed by atoms with van der Waals surface area (Å²) in [7, 11) is 0. The molecule has 1 heterocycles. The lowest BCUT2D eigenvalue weighted by molar-refractivity contribution is -0.123. The Morgan fingerprint density at radius 1 is 1.16 bits per heavy atom. The van der Waals surface area contributed by atoms with Gasteiger partial charge in [-0.25, -0.2) is 5.43 Å². The standard InChI is InChI=1S/C18H17ClN2O2S2/c19-15-5-1-13(2-6-15)11-20-21-17(22)12-23-16-7-3-14(4-8-16)18-24-9-10-25-18/h1-8,11,18H,9-10,12H2,(H,21,22)/b20-11-. The molecule has 7 heteroatoms. The Labute approximate surface area is 160 Å². The number of hydrogen-bond donors (Lipinski definition) is 1. The zero-order chi connectivity index (χ0) is 17.5. The van der Waals surface area contributed by atoms with Crippen LogP contribution in [0.25, 0.3) is 0 Å². The summed E-state index contributed by atoms with van der Waals surface area (Å²) in [5.74, 6) is 2.76. The molecule has 1 aliphatic rings. The zero-order valence-corrected chi connectivity index (χ0v) is 15.7. The van der Waals surface area contributed by atoms with Crippen LogP contribution in [0.15, 0.2) is 53.6 Å². The van der Waals surface area contributed by atoms with Crippen LogP contribution in [0.2, 0.25) is 5.02 Å². The number of halogens is 1. The summed E-state index contributed by atoms with van der Waals surface area (Å²) in [6.45, 7) is -0.0791. The van der Waals surface area contributed by atoms with Crippen LogP contribution < -0.4 is 10.2 Å². The van der Waals surface area contributed by atoms with E-state index in [1.54, 1.807) is 18.3 Å². The summed E-state index contributed by atoms with van der Waals surface area (Å²) in [6.07, 6.45) is 1.56. The van der Waals surface area contributed by atoms with E-state index < -0.39 is 0 Å². The molecule has 25 heavy (non-hydrogen) atoms. The molecule has 0 aliphatic carbocycles. The Morgan fingerprint density at radius 2 is 1.84 bits per heavy atom. The van der Waals surface area contributed by atoms with E-state index in [9.17, 15) is 4.79 Å². The highest BCUT2D eigenvalue weighted by Crippen LogP contribution is 2.45. The van der Waals surface area contributed by atoms with Gasteiger partial charge in [0.1, 0.15) is 5.75 Å². The third-order valence-corrected chi connectivity index (χ3v) is 6.77. The predicted octanol–water partition coefficient (Wildman–Crippen LogP) is 4.35. The van der Waals surface area contributed by atoms with E-state index in [4.69, 9.17) is 16.3 Å². The monoisotopic (exact) mass is 392 g/mol. The molecule has 0 aromatic heterocycles.